The highest BCUT2D eigenvalue weighted by Gasteiger charge is 2.24. The van der Waals surface area contributed by atoms with Crippen molar-refractivity contribution in [1.29, 1.82) is 0 Å². The van der Waals surface area contributed by atoms with Gasteiger partial charge in [-0.1, -0.05) is 50.2 Å². The zero-order valence-electron chi connectivity index (χ0n) is 20.2. The number of piperazine rings is 1. The highest BCUT2D eigenvalue weighted by atomic mass is 16.4. The smallest absolute Gasteiger partial charge is 0.298 e. The molecule has 0 saturated carbocycles. The number of oxazole rings is 1. The Bertz CT molecular complexity index is 1080. The lowest BCUT2D eigenvalue weighted by Gasteiger charge is -2.37. The number of benzene rings is 2. The minimum atomic E-state index is 0.102. The first-order chi connectivity index (χ1) is 16.0. The van der Waals surface area contributed by atoms with Crippen LogP contribution in [0.15, 0.2) is 52.9 Å². The number of hydrogen-bond acceptors (Lipinski definition) is 5. The van der Waals surface area contributed by atoms with E-state index in [1.54, 1.807) is 4.90 Å². The van der Waals surface area contributed by atoms with Crippen molar-refractivity contribution in [3.63, 3.8) is 0 Å². The van der Waals surface area contributed by atoms with Crippen molar-refractivity contribution < 1.29 is 9.21 Å². The average molecular weight is 447 g/mol. The summed E-state index contributed by atoms with van der Waals surface area (Å²) in [5, 5.41) is 0. The minimum absolute atomic E-state index is 0.102. The number of aromatic nitrogens is 1. The van der Waals surface area contributed by atoms with E-state index < -0.39 is 0 Å². The van der Waals surface area contributed by atoms with Crippen LogP contribution in [0.1, 0.15) is 30.7 Å². The van der Waals surface area contributed by atoms with Crippen molar-refractivity contribution in [3.05, 3.63) is 65.4 Å². The van der Waals surface area contributed by atoms with E-state index in [4.69, 9.17) is 4.42 Å². The van der Waals surface area contributed by atoms with Crippen LogP contribution in [-0.2, 0) is 17.6 Å². The molecule has 6 heteroatoms. The van der Waals surface area contributed by atoms with E-state index in [1.807, 2.05) is 49.2 Å². The molecule has 1 aromatic heterocycles. The standard InChI is InChI=1S/C27H34N4O2/c1-5-21-12-13-24(18-22(21)6-2)30-14-16-31(17-15-30)25(32)19-29(4)27-28-26(20(3)33-27)23-10-8-7-9-11-23/h7-13,18H,5-6,14-17,19H2,1-4H3. The Morgan fingerprint density at radius 3 is 2.36 bits per heavy atom. The summed E-state index contributed by atoms with van der Waals surface area (Å²) in [5.41, 5.74) is 5.94. The van der Waals surface area contributed by atoms with Gasteiger partial charge < -0.3 is 19.1 Å². The molecular formula is C27H34N4O2. The fraction of sp³-hybridized carbons (Fsp3) is 0.407. The molecule has 33 heavy (non-hydrogen) atoms. The van der Waals surface area contributed by atoms with Gasteiger partial charge in [0.1, 0.15) is 18.0 Å². The predicted octanol–water partition coefficient (Wildman–Crippen LogP) is 4.56. The van der Waals surface area contributed by atoms with Crippen LogP contribution in [0.5, 0.6) is 0 Å². The van der Waals surface area contributed by atoms with Gasteiger partial charge in [-0.25, -0.2) is 0 Å². The Balaban J connectivity index is 1.35. The summed E-state index contributed by atoms with van der Waals surface area (Å²) in [4.78, 5) is 23.7. The third-order valence-electron chi connectivity index (χ3n) is 6.48. The maximum absolute atomic E-state index is 13.0. The van der Waals surface area contributed by atoms with Gasteiger partial charge in [-0.3, -0.25) is 4.79 Å². The molecule has 1 amide bonds. The second-order valence-corrected chi connectivity index (χ2v) is 8.65. The molecule has 174 valence electrons. The first-order valence-corrected chi connectivity index (χ1v) is 11.9. The van der Waals surface area contributed by atoms with Gasteiger partial charge in [0, 0.05) is 44.5 Å². The normalized spacial score (nSPS) is 13.9. The van der Waals surface area contributed by atoms with E-state index in [2.05, 4.69) is 41.9 Å². The van der Waals surface area contributed by atoms with Gasteiger partial charge >= 0.3 is 0 Å². The summed E-state index contributed by atoms with van der Waals surface area (Å²) in [6.07, 6.45) is 2.12. The van der Waals surface area contributed by atoms with Crippen molar-refractivity contribution in [2.24, 2.45) is 0 Å². The van der Waals surface area contributed by atoms with Gasteiger partial charge in [0.25, 0.3) is 6.01 Å². The third-order valence-corrected chi connectivity index (χ3v) is 6.48. The minimum Gasteiger partial charge on any atom is -0.428 e. The molecule has 2 aromatic carbocycles. The Kier molecular flexibility index (Phi) is 7.02. The van der Waals surface area contributed by atoms with Crippen molar-refractivity contribution in [3.8, 4) is 11.3 Å². The summed E-state index contributed by atoms with van der Waals surface area (Å²) in [6.45, 7) is 9.72. The quantitative estimate of drug-likeness (QED) is 0.533. The molecule has 6 nitrogen and oxygen atoms in total. The molecule has 0 aliphatic carbocycles. The van der Waals surface area contributed by atoms with E-state index in [9.17, 15) is 4.79 Å². The van der Waals surface area contributed by atoms with Crippen molar-refractivity contribution in [2.45, 2.75) is 33.6 Å². The molecule has 1 saturated heterocycles. The second-order valence-electron chi connectivity index (χ2n) is 8.65. The van der Waals surface area contributed by atoms with Crippen molar-refractivity contribution in [2.75, 3.05) is 49.6 Å². The highest BCUT2D eigenvalue weighted by Crippen LogP contribution is 2.27. The fourth-order valence-electron chi connectivity index (χ4n) is 4.48. The second kappa shape index (κ2) is 10.1. The van der Waals surface area contributed by atoms with Crippen LogP contribution in [0, 0.1) is 6.92 Å². The summed E-state index contributed by atoms with van der Waals surface area (Å²) in [7, 11) is 1.86. The van der Waals surface area contributed by atoms with E-state index >= 15 is 0 Å². The summed E-state index contributed by atoms with van der Waals surface area (Å²) < 4.78 is 5.87. The number of hydrogen-bond donors (Lipinski definition) is 0. The predicted molar refractivity (Wildman–Crippen MR) is 134 cm³/mol. The van der Waals surface area contributed by atoms with Gasteiger partial charge in [-0.2, -0.15) is 4.98 Å². The van der Waals surface area contributed by atoms with Crippen LogP contribution >= 0.6 is 0 Å². The van der Waals surface area contributed by atoms with Crippen LogP contribution in [0.4, 0.5) is 11.7 Å². The molecule has 1 aliphatic heterocycles. The fourth-order valence-corrected chi connectivity index (χ4v) is 4.48. The maximum atomic E-state index is 13.0. The Morgan fingerprint density at radius 2 is 1.70 bits per heavy atom. The van der Waals surface area contributed by atoms with Crippen LogP contribution < -0.4 is 9.80 Å². The lowest BCUT2D eigenvalue weighted by molar-refractivity contribution is -0.130. The van der Waals surface area contributed by atoms with Crippen molar-refractivity contribution in [1.82, 2.24) is 9.88 Å². The highest BCUT2D eigenvalue weighted by molar-refractivity contribution is 5.81. The zero-order chi connectivity index (χ0) is 23.4. The number of aryl methyl sites for hydroxylation is 3. The lowest BCUT2D eigenvalue weighted by Crippen LogP contribution is -2.51. The Labute approximate surface area is 196 Å². The molecular weight excluding hydrogens is 412 g/mol. The Hall–Kier alpha value is -3.28. The molecule has 2 heterocycles. The van der Waals surface area contributed by atoms with Crippen LogP contribution in [-0.4, -0.2) is 55.6 Å². The molecule has 0 N–H and O–H groups in total. The molecule has 0 radical (unpaired) electrons. The largest absolute Gasteiger partial charge is 0.428 e. The van der Waals surface area contributed by atoms with Crippen LogP contribution in [0.25, 0.3) is 11.3 Å². The van der Waals surface area contributed by atoms with E-state index in [1.165, 1.54) is 16.8 Å². The molecule has 1 fully saturated rings. The Morgan fingerprint density at radius 1 is 1.00 bits per heavy atom. The van der Waals surface area contributed by atoms with Crippen molar-refractivity contribution >= 4 is 17.6 Å². The molecule has 0 unspecified atom stereocenters. The molecule has 0 atom stereocenters. The van der Waals surface area contributed by atoms with Gasteiger partial charge in [0.2, 0.25) is 5.91 Å². The number of rotatable bonds is 7. The molecule has 3 aromatic rings. The number of carbonyl (C=O) groups is 1. The third kappa shape index (κ3) is 5.05. The van der Waals surface area contributed by atoms with Crippen LogP contribution in [0.2, 0.25) is 0 Å². The molecule has 0 bridgehead atoms. The number of nitrogens with zero attached hydrogens (tertiary/aromatic N) is 4. The SMILES string of the molecule is CCc1ccc(N2CCN(C(=O)CN(C)c3nc(-c4ccccc4)c(C)o3)CC2)cc1CC. The van der Waals surface area contributed by atoms with Gasteiger partial charge in [0.05, 0.1) is 0 Å². The molecule has 4 rings (SSSR count). The first-order valence-electron chi connectivity index (χ1n) is 11.9. The lowest BCUT2D eigenvalue weighted by atomic mass is 10.0. The number of anilines is 2. The average Bonchev–Trinajstić information content (AvgIpc) is 3.26. The molecule has 1 aliphatic rings. The summed E-state index contributed by atoms with van der Waals surface area (Å²) >= 11 is 0. The van der Waals surface area contributed by atoms with Gasteiger partial charge in [-0.15, -0.1) is 0 Å². The summed E-state index contributed by atoms with van der Waals surface area (Å²) in [6, 6.07) is 17.2. The van der Waals surface area contributed by atoms with E-state index in [0.717, 1.165) is 56.0 Å². The monoisotopic (exact) mass is 446 g/mol. The van der Waals surface area contributed by atoms with E-state index in [0.29, 0.717) is 6.01 Å². The van der Waals surface area contributed by atoms with Gasteiger partial charge in [0.15, 0.2) is 0 Å². The van der Waals surface area contributed by atoms with Gasteiger partial charge in [-0.05, 0) is 43.0 Å². The topological polar surface area (TPSA) is 52.8 Å². The number of amides is 1. The maximum Gasteiger partial charge on any atom is 0.298 e. The van der Waals surface area contributed by atoms with Crippen LogP contribution in [0.3, 0.4) is 0 Å². The molecule has 0 spiro atoms. The first kappa shape index (κ1) is 22.9. The number of likely N-dealkylation sites (N-methyl/N-ethyl adjacent to an activating group) is 1. The summed E-state index contributed by atoms with van der Waals surface area (Å²) in [5.74, 6) is 0.856. The number of carbonyl (C=O) groups excluding carboxylic acids is 1. The van der Waals surface area contributed by atoms with E-state index in [-0.39, 0.29) is 12.5 Å². The zero-order valence-corrected chi connectivity index (χ0v) is 20.2.